The highest BCUT2D eigenvalue weighted by Crippen LogP contribution is 2.26. The van der Waals surface area contributed by atoms with Gasteiger partial charge in [-0.25, -0.2) is 9.97 Å². The number of anilines is 3. The van der Waals surface area contributed by atoms with Crippen molar-refractivity contribution in [1.29, 1.82) is 0 Å². The number of nitrogens with one attached hydrogen (secondary N) is 1. The summed E-state index contributed by atoms with van der Waals surface area (Å²) in [6.45, 7) is 2.37. The van der Waals surface area contributed by atoms with E-state index in [0.717, 1.165) is 62.4 Å². The molecule has 3 heterocycles. The second-order valence-corrected chi connectivity index (χ2v) is 8.34. The molecule has 2 aliphatic rings. The van der Waals surface area contributed by atoms with E-state index in [1.807, 2.05) is 24.3 Å². The number of halogens is 1. The molecule has 0 amide bonds. The van der Waals surface area contributed by atoms with Crippen LogP contribution < -0.4 is 10.2 Å². The van der Waals surface area contributed by atoms with Crippen molar-refractivity contribution in [2.45, 2.75) is 44.6 Å². The topological polar surface area (TPSA) is 87.6 Å². The Morgan fingerprint density at radius 3 is 2.67 bits per heavy atom. The number of ether oxygens (including phenoxy) is 1. The van der Waals surface area contributed by atoms with Crippen molar-refractivity contribution in [3.63, 3.8) is 0 Å². The molecular formula is C22H27ClN4O3. The molecule has 1 aromatic heterocycles. The van der Waals surface area contributed by atoms with Crippen LogP contribution in [-0.4, -0.2) is 46.8 Å². The Labute approximate surface area is 181 Å². The number of rotatable bonds is 7. The Hall–Kier alpha value is -2.38. The Morgan fingerprint density at radius 2 is 2.00 bits per heavy atom. The Kier molecular flexibility index (Phi) is 6.69. The lowest BCUT2D eigenvalue weighted by Crippen LogP contribution is -2.36. The molecule has 2 saturated heterocycles. The van der Waals surface area contributed by atoms with Gasteiger partial charge in [-0.05, 0) is 62.8 Å². The lowest BCUT2D eigenvalue weighted by atomic mass is 9.97. The second kappa shape index (κ2) is 9.62. The number of nitrogens with zero attached hydrogens (tertiary/aromatic N) is 3. The number of piperidine rings is 1. The molecule has 30 heavy (non-hydrogen) atoms. The monoisotopic (exact) mass is 430 g/mol. The number of aliphatic carboxylic acids is 1. The van der Waals surface area contributed by atoms with Crippen LogP contribution in [0.2, 0.25) is 5.02 Å². The summed E-state index contributed by atoms with van der Waals surface area (Å²) in [5.74, 6) is -0.386. The van der Waals surface area contributed by atoms with Gasteiger partial charge in [0.2, 0.25) is 5.95 Å². The first-order valence-corrected chi connectivity index (χ1v) is 10.9. The average Bonchev–Trinajstić information content (AvgIpc) is 3.28. The van der Waals surface area contributed by atoms with E-state index in [1.54, 1.807) is 6.20 Å². The van der Waals surface area contributed by atoms with Crippen LogP contribution in [-0.2, 0) is 16.0 Å². The summed E-state index contributed by atoms with van der Waals surface area (Å²) in [5.41, 5.74) is 2.83. The van der Waals surface area contributed by atoms with Gasteiger partial charge in [-0.15, -0.1) is 0 Å². The zero-order valence-electron chi connectivity index (χ0n) is 16.9. The van der Waals surface area contributed by atoms with Crippen molar-refractivity contribution in [2.24, 2.45) is 5.92 Å². The molecule has 0 bridgehead atoms. The van der Waals surface area contributed by atoms with E-state index in [0.29, 0.717) is 29.9 Å². The molecule has 0 radical (unpaired) electrons. The molecule has 7 nitrogen and oxygen atoms in total. The molecule has 8 heteroatoms. The molecular weight excluding hydrogens is 404 g/mol. The van der Waals surface area contributed by atoms with Gasteiger partial charge in [0.1, 0.15) is 0 Å². The molecule has 1 atom stereocenters. The summed E-state index contributed by atoms with van der Waals surface area (Å²) < 4.78 is 5.68. The second-order valence-electron chi connectivity index (χ2n) is 7.93. The van der Waals surface area contributed by atoms with Gasteiger partial charge in [-0.2, -0.15) is 0 Å². The van der Waals surface area contributed by atoms with Crippen LogP contribution in [0.1, 0.15) is 37.8 Å². The van der Waals surface area contributed by atoms with E-state index < -0.39 is 5.97 Å². The SMILES string of the molecule is O=C(O)C1CCN(c2ccc(Nc3ncc(Cl)c(CC[C@@H]4CCCO4)n3)cc2)CC1. The Bertz CT molecular complexity index is 863. The van der Waals surface area contributed by atoms with Crippen LogP contribution in [0, 0.1) is 5.92 Å². The summed E-state index contributed by atoms with van der Waals surface area (Å²) in [5, 5.41) is 13.0. The smallest absolute Gasteiger partial charge is 0.306 e. The summed E-state index contributed by atoms with van der Waals surface area (Å²) in [6.07, 6.45) is 7.24. The molecule has 1 aromatic carbocycles. The van der Waals surface area contributed by atoms with Crippen molar-refractivity contribution in [3.05, 3.63) is 41.2 Å². The molecule has 4 rings (SSSR count). The molecule has 2 fully saturated rings. The highest BCUT2D eigenvalue weighted by molar-refractivity contribution is 6.31. The summed E-state index contributed by atoms with van der Waals surface area (Å²) >= 11 is 6.29. The zero-order valence-corrected chi connectivity index (χ0v) is 17.6. The number of carboxylic acids is 1. The first-order valence-electron chi connectivity index (χ1n) is 10.6. The van der Waals surface area contributed by atoms with Gasteiger partial charge in [0, 0.05) is 31.1 Å². The van der Waals surface area contributed by atoms with Gasteiger partial charge in [-0.3, -0.25) is 4.79 Å². The Balaban J connectivity index is 1.35. The van der Waals surface area contributed by atoms with Crippen molar-refractivity contribution in [1.82, 2.24) is 9.97 Å². The number of carboxylic acid groups (broad SMARTS) is 1. The van der Waals surface area contributed by atoms with Gasteiger partial charge < -0.3 is 20.1 Å². The summed E-state index contributed by atoms with van der Waals surface area (Å²) in [7, 11) is 0. The summed E-state index contributed by atoms with van der Waals surface area (Å²) in [4.78, 5) is 22.2. The fourth-order valence-corrected chi connectivity index (χ4v) is 4.26. The van der Waals surface area contributed by atoms with E-state index in [9.17, 15) is 4.79 Å². The number of hydrogen-bond donors (Lipinski definition) is 2. The highest BCUT2D eigenvalue weighted by Gasteiger charge is 2.24. The van der Waals surface area contributed by atoms with E-state index in [1.165, 1.54) is 0 Å². The fourth-order valence-electron chi connectivity index (χ4n) is 4.08. The first kappa shape index (κ1) is 20.9. The van der Waals surface area contributed by atoms with Crippen LogP contribution in [0.25, 0.3) is 0 Å². The minimum atomic E-state index is -0.688. The van der Waals surface area contributed by atoms with E-state index in [2.05, 4.69) is 20.2 Å². The van der Waals surface area contributed by atoms with E-state index in [4.69, 9.17) is 21.4 Å². The third-order valence-corrected chi connectivity index (χ3v) is 6.19. The number of aromatic nitrogens is 2. The first-order chi connectivity index (χ1) is 14.6. The number of aryl methyl sites for hydroxylation is 1. The molecule has 0 aliphatic carbocycles. The van der Waals surface area contributed by atoms with Gasteiger partial charge in [0.05, 0.1) is 28.9 Å². The van der Waals surface area contributed by atoms with Crippen LogP contribution >= 0.6 is 11.6 Å². The maximum absolute atomic E-state index is 11.1. The average molecular weight is 431 g/mol. The third-order valence-electron chi connectivity index (χ3n) is 5.88. The minimum Gasteiger partial charge on any atom is -0.481 e. The molecule has 160 valence electrons. The van der Waals surface area contributed by atoms with Crippen LogP contribution in [0.3, 0.4) is 0 Å². The van der Waals surface area contributed by atoms with Gasteiger partial charge in [0.25, 0.3) is 0 Å². The largest absolute Gasteiger partial charge is 0.481 e. The number of hydrogen-bond acceptors (Lipinski definition) is 6. The van der Waals surface area contributed by atoms with E-state index >= 15 is 0 Å². The standard InChI is InChI=1S/C22H27ClN4O3/c23-19-14-24-22(26-20(19)8-7-18-2-1-13-30-18)25-16-3-5-17(6-4-16)27-11-9-15(10-12-27)21(28)29/h3-6,14-15,18H,1-2,7-13H2,(H,28,29)(H,24,25,26)/t18-/m0/s1. The van der Waals surface area contributed by atoms with Crippen molar-refractivity contribution in [3.8, 4) is 0 Å². The normalized spacial score (nSPS) is 19.8. The molecule has 0 spiro atoms. The van der Waals surface area contributed by atoms with Crippen LogP contribution in [0.15, 0.2) is 30.5 Å². The molecule has 2 aromatic rings. The van der Waals surface area contributed by atoms with Gasteiger partial charge >= 0.3 is 5.97 Å². The predicted molar refractivity (Wildman–Crippen MR) is 117 cm³/mol. The third kappa shape index (κ3) is 5.21. The summed E-state index contributed by atoms with van der Waals surface area (Å²) in [6, 6.07) is 8.06. The lowest BCUT2D eigenvalue weighted by molar-refractivity contribution is -0.142. The molecule has 2 aliphatic heterocycles. The zero-order chi connectivity index (χ0) is 20.9. The predicted octanol–water partition coefficient (Wildman–Crippen LogP) is 4.29. The van der Waals surface area contributed by atoms with Crippen molar-refractivity contribution in [2.75, 3.05) is 29.9 Å². The molecule has 2 N–H and O–H groups in total. The van der Waals surface area contributed by atoms with Crippen molar-refractivity contribution < 1.29 is 14.6 Å². The van der Waals surface area contributed by atoms with Gasteiger partial charge in [-0.1, -0.05) is 11.6 Å². The lowest BCUT2D eigenvalue weighted by Gasteiger charge is -2.32. The number of carbonyl (C=O) groups is 1. The molecule has 0 unspecified atom stereocenters. The minimum absolute atomic E-state index is 0.223. The Morgan fingerprint density at radius 1 is 1.23 bits per heavy atom. The van der Waals surface area contributed by atoms with Crippen LogP contribution in [0.4, 0.5) is 17.3 Å². The molecule has 0 saturated carbocycles. The van der Waals surface area contributed by atoms with Gasteiger partial charge in [0.15, 0.2) is 0 Å². The number of benzene rings is 1. The maximum Gasteiger partial charge on any atom is 0.306 e. The van der Waals surface area contributed by atoms with Crippen LogP contribution in [0.5, 0.6) is 0 Å². The van der Waals surface area contributed by atoms with Crippen molar-refractivity contribution >= 4 is 34.9 Å². The highest BCUT2D eigenvalue weighted by atomic mass is 35.5. The quantitative estimate of drug-likeness (QED) is 0.677. The fraction of sp³-hybridized carbons (Fsp3) is 0.500. The maximum atomic E-state index is 11.1. The van der Waals surface area contributed by atoms with E-state index in [-0.39, 0.29) is 5.92 Å².